The van der Waals surface area contributed by atoms with Gasteiger partial charge in [-0.25, -0.2) is 9.59 Å². The number of ether oxygens (including phenoxy) is 4. The third kappa shape index (κ3) is 5.80. The maximum atomic E-state index is 12.9. The van der Waals surface area contributed by atoms with Crippen LogP contribution in [-0.2, 0) is 25.6 Å². The molecule has 36 heavy (non-hydrogen) atoms. The van der Waals surface area contributed by atoms with Crippen LogP contribution in [-0.4, -0.2) is 59.0 Å². The molecule has 3 aromatic rings. The highest BCUT2D eigenvalue weighted by Crippen LogP contribution is 2.37. The van der Waals surface area contributed by atoms with Crippen molar-refractivity contribution in [3.05, 3.63) is 108 Å². The molecule has 0 amide bonds. The second-order valence-corrected chi connectivity index (χ2v) is 8.62. The minimum Gasteiger partial charge on any atom is -0.458 e. The first-order valence-electron chi connectivity index (χ1n) is 11.6. The molecular formula is C28H28O8. The highest BCUT2D eigenvalue weighted by molar-refractivity contribution is 5.90. The van der Waals surface area contributed by atoms with Gasteiger partial charge in [0.05, 0.1) is 17.7 Å². The molecule has 1 aliphatic heterocycles. The third-order valence-corrected chi connectivity index (χ3v) is 6.09. The molecule has 0 spiro atoms. The summed E-state index contributed by atoms with van der Waals surface area (Å²) < 4.78 is 22.8. The standard InChI is InChI=1S/C28H28O8/c1-28(34-17-19-11-5-2-6-12-19)23(29)27(32)36-24(28)22(35-26(31)21-15-9-4-10-16-21)18-33-25(30)20-13-7-3-8-14-20/h2-16,22-24,27,29,32H,17-18H2,1H3/t22-,23+,24-,27?,28+/m1/s1. The predicted molar refractivity (Wildman–Crippen MR) is 129 cm³/mol. The van der Waals surface area contributed by atoms with Gasteiger partial charge in [0.15, 0.2) is 12.4 Å². The molecule has 1 saturated heterocycles. The molecule has 1 fully saturated rings. The average molecular weight is 493 g/mol. The SMILES string of the molecule is C[C@@]1(OCc2ccccc2)[C@@H]([C@@H](COC(=O)c2ccccc2)OC(=O)c2ccccc2)OC(O)[C@@H]1O. The number of carbonyl (C=O) groups excluding carboxylic acids is 2. The Labute approximate surface area is 209 Å². The highest BCUT2D eigenvalue weighted by Gasteiger charge is 2.58. The first-order chi connectivity index (χ1) is 17.4. The molecule has 1 aliphatic rings. The van der Waals surface area contributed by atoms with Crippen LogP contribution < -0.4 is 0 Å². The van der Waals surface area contributed by atoms with Gasteiger partial charge in [-0.15, -0.1) is 0 Å². The molecule has 5 atom stereocenters. The van der Waals surface area contributed by atoms with Gasteiger partial charge in [-0.3, -0.25) is 0 Å². The van der Waals surface area contributed by atoms with Crippen LogP contribution in [0.25, 0.3) is 0 Å². The first kappa shape index (κ1) is 25.5. The summed E-state index contributed by atoms with van der Waals surface area (Å²) in [5.74, 6) is -1.30. The van der Waals surface area contributed by atoms with Crippen LogP contribution in [0.3, 0.4) is 0 Å². The number of rotatable bonds is 9. The summed E-state index contributed by atoms with van der Waals surface area (Å²) in [6.07, 6.45) is -5.40. The second-order valence-electron chi connectivity index (χ2n) is 8.62. The fraction of sp³-hybridized carbons (Fsp3) is 0.286. The minimum absolute atomic E-state index is 0.101. The topological polar surface area (TPSA) is 112 Å². The summed E-state index contributed by atoms with van der Waals surface area (Å²) in [6.45, 7) is 1.27. The van der Waals surface area contributed by atoms with E-state index in [1.807, 2.05) is 30.3 Å². The van der Waals surface area contributed by atoms with Crippen LogP contribution in [0.5, 0.6) is 0 Å². The predicted octanol–water partition coefficient (Wildman–Crippen LogP) is 3.12. The lowest BCUT2D eigenvalue weighted by atomic mass is 9.90. The van der Waals surface area contributed by atoms with Crippen molar-refractivity contribution in [2.75, 3.05) is 6.61 Å². The van der Waals surface area contributed by atoms with Crippen molar-refractivity contribution in [2.45, 2.75) is 43.7 Å². The molecule has 2 N–H and O–H groups in total. The lowest BCUT2D eigenvalue weighted by Gasteiger charge is -2.36. The molecular weight excluding hydrogens is 464 g/mol. The second kappa shape index (κ2) is 11.5. The van der Waals surface area contributed by atoms with Crippen LogP contribution in [0.2, 0.25) is 0 Å². The molecule has 1 unspecified atom stereocenters. The number of benzene rings is 3. The van der Waals surface area contributed by atoms with E-state index in [1.54, 1.807) is 67.6 Å². The Balaban J connectivity index is 1.57. The fourth-order valence-electron chi connectivity index (χ4n) is 4.03. The molecule has 0 aromatic heterocycles. The molecule has 0 aliphatic carbocycles. The number of hydrogen-bond acceptors (Lipinski definition) is 8. The van der Waals surface area contributed by atoms with Crippen molar-refractivity contribution < 1.29 is 38.7 Å². The zero-order valence-electron chi connectivity index (χ0n) is 19.7. The lowest BCUT2D eigenvalue weighted by molar-refractivity contribution is -0.166. The quantitative estimate of drug-likeness (QED) is 0.439. The van der Waals surface area contributed by atoms with Gasteiger partial charge in [0.1, 0.15) is 24.4 Å². The normalized spacial score (nSPS) is 24.1. The van der Waals surface area contributed by atoms with Crippen LogP contribution in [0, 0.1) is 0 Å². The van der Waals surface area contributed by atoms with Gasteiger partial charge in [-0.05, 0) is 36.8 Å². The third-order valence-electron chi connectivity index (χ3n) is 6.09. The van der Waals surface area contributed by atoms with Gasteiger partial charge in [-0.1, -0.05) is 66.7 Å². The van der Waals surface area contributed by atoms with Gasteiger partial charge in [0, 0.05) is 0 Å². The maximum absolute atomic E-state index is 12.9. The Morgan fingerprint density at radius 2 is 1.39 bits per heavy atom. The zero-order valence-corrected chi connectivity index (χ0v) is 19.7. The van der Waals surface area contributed by atoms with E-state index in [0.29, 0.717) is 5.56 Å². The zero-order chi connectivity index (χ0) is 25.5. The number of esters is 2. The molecule has 8 heteroatoms. The van der Waals surface area contributed by atoms with E-state index in [1.165, 1.54) is 0 Å². The van der Waals surface area contributed by atoms with Crippen molar-refractivity contribution in [2.24, 2.45) is 0 Å². The molecule has 0 radical (unpaired) electrons. The monoisotopic (exact) mass is 492 g/mol. The van der Waals surface area contributed by atoms with E-state index in [0.717, 1.165) is 5.56 Å². The smallest absolute Gasteiger partial charge is 0.338 e. The fourth-order valence-corrected chi connectivity index (χ4v) is 4.03. The van der Waals surface area contributed by atoms with E-state index in [9.17, 15) is 19.8 Å². The Morgan fingerprint density at radius 1 is 0.861 bits per heavy atom. The summed E-state index contributed by atoms with van der Waals surface area (Å²) in [7, 11) is 0. The largest absolute Gasteiger partial charge is 0.458 e. The maximum Gasteiger partial charge on any atom is 0.338 e. The summed E-state index contributed by atoms with van der Waals surface area (Å²) in [6, 6.07) is 25.9. The number of hydrogen-bond donors (Lipinski definition) is 2. The van der Waals surface area contributed by atoms with E-state index >= 15 is 0 Å². The van der Waals surface area contributed by atoms with Crippen LogP contribution in [0.15, 0.2) is 91.0 Å². The van der Waals surface area contributed by atoms with Crippen LogP contribution in [0.4, 0.5) is 0 Å². The van der Waals surface area contributed by atoms with E-state index in [2.05, 4.69) is 0 Å². The first-order valence-corrected chi connectivity index (χ1v) is 11.6. The molecule has 4 rings (SSSR count). The lowest BCUT2D eigenvalue weighted by Crippen LogP contribution is -2.54. The molecule has 188 valence electrons. The minimum atomic E-state index is -1.60. The summed E-state index contributed by atoms with van der Waals surface area (Å²) in [5.41, 5.74) is -0.0563. The Hall–Kier alpha value is -3.56. The van der Waals surface area contributed by atoms with E-state index in [-0.39, 0.29) is 18.8 Å². The summed E-state index contributed by atoms with van der Waals surface area (Å²) in [5, 5.41) is 21.1. The van der Waals surface area contributed by atoms with Crippen molar-refractivity contribution in [1.29, 1.82) is 0 Å². The van der Waals surface area contributed by atoms with Gasteiger partial charge in [-0.2, -0.15) is 0 Å². The van der Waals surface area contributed by atoms with E-state index in [4.69, 9.17) is 18.9 Å². The molecule has 1 heterocycles. The summed E-state index contributed by atoms with van der Waals surface area (Å²) in [4.78, 5) is 25.5. The molecule has 0 bridgehead atoms. The molecule has 3 aromatic carbocycles. The molecule has 8 nitrogen and oxygen atoms in total. The van der Waals surface area contributed by atoms with Crippen molar-refractivity contribution in [3.8, 4) is 0 Å². The van der Waals surface area contributed by atoms with Crippen LogP contribution in [0.1, 0.15) is 33.2 Å². The summed E-state index contributed by atoms with van der Waals surface area (Å²) >= 11 is 0. The van der Waals surface area contributed by atoms with Crippen molar-refractivity contribution >= 4 is 11.9 Å². The number of carbonyl (C=O) groups is 2. The van der Waals surface area contributed by atoms with Gasteiger partial charge >= 0.3 is 11.9 Å². The highest BCUT2D eigenvalue weighted by atomic mass is 16.7. The van der Waals surface area contributed by atoms with Crippen LogP contribution >= 0.6 is 0 Å². The van der Waals surface area contributed by atoms with Gasteiger partial charge in [0.25, 0.3) is 0 Å². The van der Waals surface area contributed by atoms with Gasteiger partial charge in [0.2, 0.25) is 0 Å². The average Bonchev–Trinajstić information content (AvgIpc) is 3.15. The number of aliphatic hydroxyl groups is 2. The Bertz CT molecular complexity index is 1140. The Morgan fingerprint density at radius 3 is 1.97 bits per heavy atom. The molecule has 0 saturated carbocycles. The van der Waals surface area contributed by atoms with Crippen molar-refractivity contribution in [1.82, 2.24) is 0 Å². The number of aliphatic hydroxyl groups excluding tert-OH is 2. The Kier molecular flexibility index (Phi) is 8.12. The van der Waals surface area contributed by atoms with Crippen molar-refractivity contribution in [3.63, 3.8) is 0 Å². The van der Waals surface area contributed by atoms with E-state index < -0.39 is 42.1 Å². The van der Waals surface area contributed by atoms with Gasteiger partial charge < -0.3 is 29.2 Å².